The van der Waals surface area contributed by atoms with Crippen molar-refractivity contribution < 1.29 is 28.4 Å². The maximum Gasteiger partial charge on any atom is 0.335 e. The Hall–Kier alpha value is -4.86. The summed E-state index contributed by atoms with van der Waals surface area (Å²) in [5.41, 5.74) is 0.447. The maximum atomic E-state index is 13.7. The van der Waals surface area contributed by atoms with Gasteiger partial charge in [-0.2, -0.15) is 0 Å². The predicted octanol–water partition coefficient (Wildman–Crippen LogP) is 3.98. The van der Waals surface area contributed by atoms with E-state index >= 15 is 0 Å². The van der Waals surface area contributed by atoms with Crippen molar-refractivity contribution in [1.82, 2.24) is 5.32 Å². The number of hydrogen-bond donors (Lipinski definition) is 1. The van der Waals surface area contributed by atoms with Gasteiger partial charge in [0.1, 0.15) is 23.7 Å². The number of benzene rings is 3. The molecular weight excluding hydrogens is 445 g/mol. The van der Waals surface area contributed by atoms with E-state index < -0.39 is 22.8 Å². The summed E-state index contributed by atoms with van der Waals surface area (Å²) < 4.78 is 19.3. The lowest BCUT2D eigenvalue weighted by Gasteiger charge is -2.26. The van der Waals surface area contributed by atoms with Gasteiger partial charge in [-0.15, -0.1) is 0 Å². The van der Waals surface area contributed by atoms with Crippen LogP contribution in [-0.4, -0.2) is 22.8 Å². The summed E-state index contributed by atoms with van der Waals surface area (Å²) in [6.07, 6.45) is 1.31. The molecule has 3 aromatic rings. The maximum absolute atomic E-state index is 13.7. The van der Waals surface area contributed by atoms with Gasteiger partial charge in [0.25, 0.3) is 17.5 Å². The molecule has 1 N–H and O–H groups in total. The molecule has 34 heavy (non-hydrogen) atoms. The van der Waals surface area contributed by atoms with E-state index in [1.165, 1.54) is 24.3 Å². The normalized spacial score (nSPS) is 14.8. The van der Waals surface area contributed by atoms with Crippen LogP contribution >= 0.6 is 0 Å². The number of carbonyl (C=O) groups is 3. The van der Waals surface area contributed by atoms with Gasteiger partial charge < -0.3 is 4.74 Å². The Bertz CT molecular complexity index is 1320. The Labute approximate surface area is 192 Å². The minimum absolute atomic E-state index is 0.0281. The van der Waals surface area contributed by atoms with Gasteiger partial charge in [-0.05, 0) is 42.0 Å². The van der Waals surface area contributed by atoms with Gasteiger partial charge in [-0.3, -0.25) is 25.0 Å². The van der Waals surface area contributed by atoms with Crippen LogP contribution in [0.25, 0.3) is 6.08 Å². The quantitative estimate of drug-likeness (QED) is 0.257. The number of rotatable bonds is 6. The molecule has 0 aliphatic carbocycles. The second-order valence-corrected chi connectivity index (χ2v) is 7.18. The van der Waals surface area contributed by atoms with Crippen LogP contribution < -0.4 is 15.0 Å². The number of anilines is 1. The van der Waals surface area contributed by atoms with E-state index in [9.17, 15) is 28.9 Å². The van der Waals surface area contributed by atoms with Crippen LogP contribution in [0, 0.1) is 15.9 Å². The van der Waals surface area contributed by atoms with Gasteiger partial charge in [0.05, 0.1) is 10.6 Å². The third-order valence-electron chi connectivity index (χ3n) is 4.96. The molecule has 3 aromatic carbocycles. The third-order valence-corrected chi connectivity index (χ3v) is 4.96. The lowest BCUT2D eigenvalue weighted by Crippen LogP contribution is -2.54. The number of halogens is 1. The van der Waals surface area contributed by atoms with Gasteiger partial charge in [0, 0.05) is 17.7 Å². The number of nitro groups is 1. The Balaban J connectivity index is 1.52. The first kappa shape index (κ1) is 22.3. The minimum atomic E-state index is -0.960. The monoisotopic (exact) mass is 461 g/mol. The fourth-order valence-electron chi connectivity index (χ4n) is 3.22. The molecule has 10 heteroatoms. The van der Waals surface area contributed by atoms with E-state index in [0.29, 0.717) is 16.9 Å². The van der Waals surface area contributed by atoms with Gasteiger partial charge in [0.15, 0.2) is 0 Å². The summed E-state index contributed by atoms with van der Waals surface area (Å²) in [5, 5.41) is 12.9. The molecule has 1 aliphatic rings. The van der Waals surface area contributed by atoms with Crippen molar-refractivity contribution in [3.05, 3.63) is 105 Å². The van der Waals surface area contributed by atoms with Crippen LogP contribution in [0.5, 0.6) is 5.75 Å². The number of hydrogen-bond acceptors (Lipinski definition) is 6. The Morgan fingerprint density at radius 2 is 1.65 bits per heavy atom. The van der Waals surface area contributed by atoms with Gasteiger partial charge in [-0.25, -0.2) is 14.1 Å². The summed E-state index contributed by atoms with van der Waals surface area (Å²) in [7, 11) is 0. The van der Waals surface area contributed by atoms with Crippen LogP contribution in [0.2, 0.25) is 0 Å². The molecule has 0 unspecified atom stereocenters. The first-order chi connectivity index (χ1) is 16.3. The average molecular weight is 461 g/mol. The van der Waals surface area contributed by atoms with E-state index in [1.54, 1.807) is 42.5 Å². The number of carbonyl (C=O) groups excluding carboxylic acids is 3. The van der Waals surface area contributed by atoms with E-state index in [0.717, 1.165) is 17.0 Å². The third kappa shape index (κ3) is 4.65. The average Bonchev–Trinajstić information content (AvgIpc) is 2.82. The molecule has 1 aliphatic heterocycles. The van der Waals surface area contributed by atoms with E-state index in [2.05, 4.69) is 5.32 Å². The van der Waals surface area contributed by atoms with E-state index in [-0.39, 0.29) is 29.4 Å². The molecule has 4 rings (SSSR count). The number of nitrogens with one attached hydrogen (secondary N) is 1. The number of barbiturate groups is 1. The molecule has 0 saturated carbocycles. The summed E-state index contributed by atoms with van der Waals surface area (Å²) in [6.45, 7) is 0.0281. The number of non-ortho nitro benzene ring substituents is 1. The number of nitrogens with zero attached hydrogens (tertiary/aromatic N) is 2. The zero-order chi connectivity index (χ0) is 24.2. The van der Waals surface area contributed by atoms with Crippen molar-refractivity contribution >= 4 is 35.3 Å². The van der Waals surface area contributed by atoms with Crippen molar-refractivity contribution in [2.45, 2.75) is 6.61 Å². The second-order valence-electron chi connectivity index (χ2n) is 7.18. The van der Waals surface area contributed by atoms with Crippen molar-refractivity contribution in [3.8, 4) is 5.75 Å². The highest BCUT2D eigenvalue weighted by Gasteiger charge is 2.36. The second kappa shape index (κ2) is 9.33. The molecule has 0 bridgehead atoms. The van der Waals surface area contributed by atoms with Crippen molar-refractivity contribution in [2.24, 2.45) is 0 Å². The summed E-state index contributed by atoms with van der Waals surface area (Å²) in [5.74, 6) is -1.67. The number of ether oxygens (including phenoxy) is 1. The largest absolute Gasteiger partial charge is 0.489 e. The molecule has 9 nitrogen and oxygen atoms in total. The molecule has 4 amide bonds. The zero-order valence-electron chi connectivity index (χ0n) is 17.4. The fraction of sp³-hybridized carbons (Fsp3) is 0.0417. The van der Waals surface area contributed by atoms with Gasteiger partial charge in [-0.1, -0.05) is 30.3 Å². The summed E-state index contributed by atoms with van der Waals surface area (Å²) >= 11 is 0. The SMILES string of the molecule is O=C1NC(=O)N(c2ccc([N+](=O)[O-])cc2)C(=O)/C1=C/c1ccc(OCc2ccccc2F)cc1. The molecule has 1 fully saturated rings. The van der Waals surface area contributed by atoms with E-state index in [4.69, 9.17) is 4.74 Å². The number of nitro benzene ring substituents is 1. The highest BCUT2D eigenvalue weighted by molar-refractivity contribution is 6.39. The fourth-order valence-corrected chi connectivity index (χ4v) is 3.22. The topological polar surface area (TPSA) is 119 Å². The molecule has 0 radical (unpaired) electrons. The number of imide groups is 2. The van der Waals surface area contributed by atoms with Crippen LogP contribution in [-0.2, 0) is 16.2 Å². The standard InChI is InChI=1S/C24H16FN3O6/c25-21-4-2-1-3-16(21)14-34-19-11-5-15(6-12-19)13-20-22(29)26-24(31)27(23(20)30)17-7-9-18(10-8-17)28(32)33/h1-13H,14H2,(H,26,29,31)/b20-13+. The Kier molecular flexibility index (Phi) is 6.13. The lowest BCUT2D eigenvalue weighted by molar-refractivity contribution is -0.384. The molecule has 0 atom stereocenters. The Morgan fingerprint density at radius 3 is 2.29 bits per heavy atom. The van der Waals surface area contributed by atoms with Crippen LogP contribution in [0.15, 0.2) is 78.4 Å². The van der Waals surface area contributed by atoms with Gasteiger partial charge >= 0.3 is 6.03 Å². The molecule has 1 saturated heterocycles. The van der Waals surface area contributed by atoms with Crippen LogP contribution in [0.1, 0.15) is 11.1 Å². The summed E-state index contributed by atoms with van der Waals surface area (Å²) in [4.78, 5) is 48.4. The first-order valence-electron chi connectivity index (χ1n) is 9.95. The smallest absolute Gasteiger partial charge is 0.335 e. The van der Waals surface area contributed by atoms with Crippen LogP contribution in [0.3, 0.4) is 0 Å². The lowest BCUT2D eigenvalue weighted by atomic mass is 10.1. The molecule has 1 heterocycles. The van der Waals surface area contributed by atoms with Crippen LogP contribution in [0.4, 0.5) is 20.6 Å². The molecule has 0 spiro atoms. The van der Waals surface area contributed by atoms with Gasteiger partial charge in [0.2, 0.25) is 0 Å². The highest BCUT2D eigenvalue weighted by atomic mass is 19.1. The van der Waals surface area contributed by atoms with Crippen molar-refractivity contribution in [1.29, 1.82) is 0 Å². The molecule has 170 valence electrons. The summed E-state index contributed by atoms with van der Waals surface area (Å²) in [6, 6.07) is 16.4. The minimum Gasteiger partial charge on any atom is -0.489 e. The molecule has 0 aromatic heterocycles. The van der Waals surface area contributed by atoms with Crippen molar-refractivity contribution in [3.63, 3.8) is 0 Å². The van der Waals surface area contributed by atoms with Crippen molar-refractivity contribution in [2.75, 3.05) is 4.90 Å². The Morgan fingerprint density at radius 1 is 0.971 bits per heavy atom. The number of urea groups is 1. The highest BCUT2D eigenvalue weighted by Crippen LogP contribution is 2.25. The first-order valence-corrected chi connectivity index (χ1v) is 9.95. The van der Waals surface area contributed by atoms with E-state index in [1.807, 2.05) is 0 Å². The number of amides is 4. The predicted molar refractivity (Wildman–Crippen MR) is 119 cm³/mol. The zero-order valence-corrected chi connectivity index (χ0v) is 17.4. The molecular formula is C24H16FN3O6.